The first-order chi connectivity index (χ1) is 13.3. The van der Waals surface area contributed by atoms with Crippen LogP contribution < -0.4 is 15.2 Å². The SMILES string of the molecule is CNS(=O)(=O)c1cc(C(=O)OC(C)C(=O)Nc2cccc(S(N)(=O)=O)c2)n(C)c1. The topological polar surface area (TPSA) is 167 Å². The number of nitrogens with zero attached hydrogens (tertiary/aromatic N) is 1. The van der Waals surface area contributed by atoms with Crippen molar-refractivity contribution in [2.24, 2.45) is 12.2 Å². The summed E-state index contributed by atoms with van der Waals surface area (Å²) in [6, 6.07) is 6.37. The Hall–Kier alpha value is -2.74. The molecule has 1 heterocycles. The summed E-state index contributed by atoms with van der Waals surface area (Å²) in [5, 5.41) is 7.46. The molecule has 0 fully saturated rings. The molecule has 0 saturated heterocycles. The molecule has 1 unspecified atom stereocenters. The van der Waals surface area contributed by atoms with Crippen LogP contribution in [0.25, 0.3) is 0 Å². The Morgan fingerprint density at radius 1 is 1.14 bits per heavy atom. The van der Waals surface area contributed by atoms with Crippen molar-refractivity contribution in [1.82, 2.24) is 9.29 Å². The molecule has 0 aliphatic rings. The highest BCUT2D eigenvalue weighted by atomic mass is 32.2. The summed E-state index contributed by atoms with van der Waals surface area (Å²) < 4.78 is 54.9. The zero-order valence-corrected chi connectivity index (χ0v) is 17.4. The van der Waals surface area contributed by atoms with E-state index in [1.165, 1.54) is 50.0 Å². The number of primary sulfonamides is 1. The van der Waals surface area contributed by atoms with Crippen molar-refractivity contribution < 1.29 is 31.2 Å². The van der Waals surface area contributed by atoms with Crippen LogP contribution in [0.4, 0.5) is 5.69 Å². The van der Waals surface area contributed by atoms with E-state index in [1.807, 2.05) is 0 Å². The van der Waals surface area contributed by atoms with Crippen molar-refractivity contribution in [3.05, 3.63) is 42.2 Å². The quantitative estimate of drug-likeness (QED) is 0.496. The standard InChI is InChI=1S/C16H20N4O7S2/c1-10(15(21)19-11-5-4-6-12(7-11)28(17,23)24)27-16(22)14-8-13(9-20(14)3)29(25,26)18-2/h4-10,18H,1-3H3,(H,19,21)(H2,17,23,24). The molecule has 1 aromatic heterocycles. The number of aryl methyl sites for hydroxylation is 1. The van der Waals surface area contributed by atoms with E-state index in [4.69, 9.17) is 9.88 Å². The maximum Gasteiger partial charge on any atom is 0.355 e. The average Bonchev–Trinajstić information content (AvgIpc) is 3.04. The molecule has 29 heavy (non-hydrogen) atoms. The first-order valence-electron chi connectivity index (χ1n) is 8.10. The largest absolute Gasteiger partial charge is 0.448 e. The van der Waals surface area contributed by atoms with Crippen molar-refractivity contribution in [2.45, 2.75) is 22.8 Å². The van der Waals surface area contributed by atoms with Gasteiger partial charge >= 0.3 is 5.97 Å². The van der Waals surface area contributed by atoms with Gasteiger partial charge in [0.25, 0.3) is 5.91 Å². The molecule has 11 nitrogen and oxygen atoms in total. The number of hydrogen-bond donors (Lipinski definition) is 3. The Morgan fingerprint density at radius 3 is 2.38 bits per heavy atom. The maximum absolute atomic E-state index is 12.3. The molecular weight excluding hydrogens is 424 g/mol. The van der Waals surface area contributed by atoms with Gasteiger partial charge < -0.3 is 14.6 Å². The number of esters is 1. The van der Waals surface area contributed by atoms with Crippen LogP contribution in [-0.4, -0.2) is 46.4 Å². The van der Waals surface area contributed by atoms with Gasteiger partial charge in [-0.05, 0) is 38.2 Å². The van der Waals surface area contributed by atoms with Gasteiger partial charge in [-0.25, -0.2) is 31.5 Å². The first-order valence-corrected chi connectivity index (χ1v) is 11.1. The highest BCUT2D eigenvalue weighted by Gasteiger charge is 2.24. The second-order valence-electron chi connectivity index (χ2n) is 5.99. The third kappa shape index (κ3) is 5.41. The first kappa shape index (κ1) is 22.5. The Balaban J connectivity index is 2.11. The minimum Gasteiger partial charge on any atom is -0.448 e. The van der Waals surface area contributed by atoms with E-state index >= 15 is 0 Å². The van der Waals surface area contributed by atoms with Crippen LogP contribution >= 0.6 is 0 Å². The number of carbonyl (C=O) groups excluding carboxylic acids is 2. The van der Waals surface area contributed by atoms with Gasteiger partial charge in [-0.1, -0.05) is 6.07 Å². The number of hydrogen-bond acceptors (Lipinski definition) is 7. The lowest BCUT2D eigenvalue weighted by molar-refractivity contribution is -0.123. The predicted molar refractivity (Wildman–Crippen MR) is 103 cm³/mol. The minimum atomic E-state index is -3.95. The van der Waals surface area contributed by atoms with Crippen LogP contribution in [0.15, 0.2) is 46.3 Å². The van der Waals surface area contributed by atoms with Gasteiger partial charge in [-0.2, -0.15) is 0 Å². The molecule has 1 atom stereocenters. The lowest BCUT2D eigenvalue weighted by Gasteiger charge is -2.14. The fourth-order valence-corrected chi connectivity index (χ4v) is 3.63. The van der Waals surface area contributed by atoms with Gasteiger partial charge in [-0.15, -0.1) is 0 Å². The number of amides is 1. The van der Waals surface area contributed by atoms with E-state index in [0.29, 0.717) is 0 Å². The van der Waals surface area contributed by atoms with Gasteiger partial charge in [0.15, 0.2) is 6.10 Å². The summed E-state index contributed by atoms with van der Waals surface area (Å²) in [6.45, 7) is 1.31. The summed E-state index contributed by atoms with van der Waals surface area (Å²) in [7, 11) is -5.01. The van der Waals surface area contributed by atoms with E-state index in [0.717, 1.165) is 12.1 Å². The highest BCUT2D eigenvalue weighted by Crippen LogP contribution is 2.17. The van der Waals surface area contributed by atoms with Crippen LogP contribution in [0.2, 0.25) is 0 Å². The van der Waals surface area contributed by atoms with Crippen LogP contribution in [0, 0.1) is 0 Å². The fraction of sp³-hybridized carbons (Fsp3) is 0.250. The van der Waals surface area contributed by atoms with Crippen LogP contribution in [0.3, 0.4) is 0 Å². The lowest BCUT2D eigenvalue weighted by atomic mass is 10.3. The number of ether oxygens (including phenoxy) is 1. The molecule has 1 aromatic carbocycles. The number of anilines is 1. The molecule has 1 amide bonds. The van der Waals surface area contributed by atoms with E-state index in [2.05, 4.69) is 10.0 Å². The van der Waals surface area contributed by atoms with Crippen molar-refractivity contribution in [3.63, 3.8) is 0 Å². The van der Waals surface area contributed by atoms with E-state index in [9.17, 15) is 26.4 Å². The van der Waals surface area contributed by atoms with Crippen molar-refractivity contribution >= 4 is 37.6 Å². The molecule has 0 saturated carbocycles. The Kier molecular flexibility index (Phi) is 6.47. The van der Waals surface area contributed by atoms with Crippen molar-refractivity contribution in [3.8, 4) is 0 Å². The molecule has 0 aliphatic carbocycles. The Bertz CT molecular complexity index is 1150. The molecule has 13 heteroatoms. The highest BCUT2D eigenvalue weighted by molar-refractivity contribution is 7.89. The molecular formula is C16H20N4O7S2. The normalized spacial score (nSPS) is 13.0. The van der Waals surface area contributed by atoms with Crippen LogP contribution in [-0.2, 0) is 36.6 Å². The molecule has 0 aliphatic heterocycles. The fourth-order valence-electron chi connectivity index (χ4n) is 2.27. The van der Waals surface area contributed by atoms with E-state index < -0.39 is 38.0 Å². The lowest BCUT2D eigenvalue weighted by Crippen LogP contribution is -2.30. The second-order valence-corrected chi connectivity index (χ2v) is 9.44. The van der Waals surface area contributed by atoms with E-state index in [1.54, 1.807) is 0 Å². The van der Waals surface area contributed by atoms with Crippen LogP contribution in [0.1, 0.15) is 17.4 Å². The third-order valence-electron chi connectivity index (χ3n) is 3.85. The number of benzene rings is 1. The van der Waals surface area contributed by atoms with Gasteiger partial charge in [0.2, 0.25) is 20.0 Å². The van der Waals surface area contributed by atoms with Gasteiger partial charge in [0.05, 0.1) is 4.90 Å². The number of rotatable bonds is 7. The Morgan fingerprint density at radius 2 is 1.79 bits per heavy atom. The molecule has 4 N–H and O–H groups in total. The molecule has 2 rings (SSSR count). The number of carbonyl (C=O) groups is 2. The summed E-state index contributed by atoms with van der Waals surface area (Å²) >= 11 is 0. The molecule has 0 radical (unpaired) electrons. The predicted octanol–water partition coefficient (Wildman–Crippen LogP) is -0.235. The smallest absolute Gasteiger partial charge is 0.355 e. The summed E-state index contributed by atoms with van der Waals surface area (Å²) in [6.07, 6.45) is -0.0220. The average molecular weight is 444 g/mol. The number of nitrogens with two attached hydrogens (primary N) is 1. The van der Waals surface area contributed by atoms with Crippen LogP contribution in [0.5, 0.6) is 0 Å². The third-order valence-corrected chi connectivity index (χ3v) is 6.14. The number of aromatic nitrogens is 1. The number of sulfonamides is 2. The monoisotopic (exact) mass is 444 g/mol. The Labute approximate surface area is 167 Å². The molecule has 0 bridgehead atoms. The second kappa shape index (κ2) is 8.32. The summed E-state index contributed by atoms with van der Waals surface area (Å²) in [5.74, 6) is -1.63. The molecule has 2 aromatic rings. The number of nitrogens with one attached hydrogen (secondary N) is 2. The zero-order chi connectivity index (χ0) is 22.0. The molecule has 0 spiro atoms. The van der Waals surface area contributed by atoms with Crippen molar-refractivity contribution in [1.29, 1.82) is 0 Å². The molecule has 158 valence electrons. The van der Waals surface area contributed by atoms with Gasteiger partial charge in [0, 0.05) is 18.9 Å². The van der Waals surface area contributed by atoms with Crippen molar-refractivity contribution in [2.75, 3.05) is 12.4 Å². The van der Waals surface area contributed by atoms with Gasteiger partial charge in [-0.3, -0.25) is 4.79 Å². The maximum atomic E-state index is 12.3. The minimum absolute atomic E-state index is 0.0744. The van der Waals surface area contributed by atoms with Gasteiger partial charge in [0.1, 0.15) is 10.6 Å². The summed E-state index contributed by atoms with van der Waals surface area (Å²) in [4.78, 5) is 24.2. The zero-order valence-electron chi connectivity index (χ0n) is 15.7. The summed E-state index contributed by atoms with van der Waals surface area (Å²) in [5.41, 5.74) is 0.0698. The van der Waals surface area contributed by atoms with E-state index in [-0.39, 0.29) is 21.2 Å².